The van der Waals surface area contributed by atoms with E-state index < -0.39 is 0 Å². The first-order chi connectivity index (χ1) is 5.27. The Labute approximate surface area is 66.7 Å². The van der Waals surface area contributed by atoms with Gasteiger partial charge in [-0.05, 0) is 13.8 Å². The Morgan fingerprint density at radius 2 is 2.36 bits per heavy atom. The van der Waals surface area contributed by atoms with Crippen molar-refractivity contribution in [2.75, 3.05) is 12.4 Å². The predicted molar refractivity (Wildman–Crippen MR) is 47.5 cm³/mol. The second kappa shape index (κ2) is 3.23. The van der Waals surface area contributed by atoms with Crippen LogP contribution in [0.4, 0.5) is 5.82 Å². The monoisotopic (exact) mass is 151 g/mol. The number of hydrogen-bond donors (Lipinski definition) is 1. The molecule has 1 N–H and O–H groups in total. The second-order valence-electron chi connectivity index (χ2n) is 2.35. The van der Waals surface area contributed by atoms with Crippen LogP contribution < -0.4 is 5.32 Å². The normalized spacial score (nSPS) is 10.8. The van der Waals surface area contributed by atoms with E-state index in [2.05, 4.69) is 10.4 Å². The van der Waals surface area contributed by atoms with Crippen molar-refractivity contribution in [3.8, 4) is 0 Å². The van der Waals surface area contributed by atoms with E-state index in [0.717, 1.165) is 11.5 Å². The molecule has 60 valence electrons. The van der Waals surface area contributed by atoms with Crippen molar-refractivity contribution >= 4 is 12.0 Å². The number of nitrogens with one attached hydrogen (secondary N) is 1. The molecule has 0 aliphatic heterocycles. The zero-order chi connectivity index (χ0) is 8.27. The Morgan fingerprint density at radius 3 is 2.91 bits per heavy atom. The van der Waals surface area contributed by atoms with Gasteiger partial charge in [-0.3, -0.25) is 0 Å². The first-order valence-corrected chi connectivity index (χ1v) is 3.64. The molecule has 0 aromatic carbocycles. The van der Waals surface area contributed by atoms with Crippen molar-refractivity contribution in [1.29, 1.82) is 0 Å². The molecule has 0 saturated carbocycles. The van der Waals surface area contributed by atoms with Crippen LogP contribution >= 0.6 is 0 Å². The fourth-order valence-corrected chi connectivity index (χ4v) is 0.958. The van der Waals surface area contributed by atoms with Gasteiger partial charge in [-0.2, -0.15) is 5.10 Å². The molecule has 1 aromatic rings. The molecule has 11 heavy (non-hydrogen) atoms. The lowest BCUT2D eigenvalue weighted by molar-refractivity contribution is 0.914. The van der Waals surface area contributed by atoms with Gasteiger partial charge in [-0.15, -0.1) is 0 Å². The average Bonchev–Trinajstić information content (AvgIpc) is 2.32. The Hall–Kier alpha value is -1.25. The van der Waals surface area contributed by atoms with Gasteiger partial charge in [0.15, 0.2) is 0 Å². The number of anilines is 1. The average molecular weight is 151 g/mol. The number of aromatic nitrogens is 2. The maximum atomic E-state index is 4.24. The number of hydrogen-bond acceptors (Lipinski definition) is 2. The minimum atomic E-state index is 1.01. The van der Waals surface area contributed by atoms with Crippen LogP contribution in [0.2, 0.25) is 0 Å². The maximum Gasteiger partial charge on any atom is 0.129 e. The lowest BCUT2D eigenvalue weighted by Gasteiger charge is -1.98. The molecule has 0 spiro atoms. The Bertz CT molecular complexity index is 260. The smallest absolute Gasteiger partial charge is 0.129 e. The van der Waals surface area contributed by atoms with Gasteiger partial charge < -0.3 is 5.32 Å². The molecule has 1 aromatic heterocycles. The summed E-state index contributed by atoms with van der Waals surface area (Å²) in [6.07, 6.45) is 3.87. The summed E-state index contributed by atoms with van der Waals surface area (Å²) in [6.45, 7) is 3.94. The van der Waals surface area contributed by atoms with Gasteiger partial charge in [0.05, 0.1) is 5.69 Å². The molecule has 1 heterocycles. The molecule has 1 rings (SSSR count). The van der Waals surface area contributed by atoms with E-state index in [1.165, 1.54) is 0 Å². The number of rotatable bonds is 2. The van der Waals surface area contributed by atoms with Crippen molar-refractivity contribution < 1.29 is 0 Å². The first kappa shape index (κ1) is 7.85. The lowest BCUT2D eigenvalue weighted by atomic mass is 10.5. The van der Waals surface area contributed by atoms with E-state index in [0.29, 0.717) is 0 Å². The summed E-state index contributed by atoms with van der Waals surface area (Å²) in [7, 11) is 1.89. The Kier molecular flexibility index (Phi) is 2.31. The van der Waals surface area contributed by atoms with Gasteiger partial charge in [0.1, 0.15) is 5.82 Å². The highest BCUT2D eigenvalue weighted by Gasteiger charge is 1.98. The van der Waals surface area contributed by atoms with Crippen LogP contribution in [0.3, 0.4) is 0 Å². The molecule has 0 aliphatic rings. The van der Waals surface area contributed by atoms with E-state index >= 15 is 0 Å². The fraction of sp³-hybridized carbons (Fsp3) is 0.375. The van der Waals surface area contributed by atoms with Gasteiger partial charge in [-0.1, -0.05) is 6.08 Å². The molecule has 0 atom stereocenters. The second-order valence-corrected chi connectivity index (χ2v) is 2.35. The summed E-state index contributed by atoms with van der Waals surface area (Å²) in [6, 6.07) is 2.00. The molecule has 3 heteroatoms. The standard InChI is InChI=1S/C8H13N3/c1-4-5-11-8(9-3)6-7(2)10-11/h4-6,9H,1-3H3/b5-4-. The highest BCUT2D eigenvalue weighted by molar-refractivity contribution is 5.43. The number of nitrogens with zero attached hydrogens (tertiary/aromatic N) is 2. The van der Waals surface area contributed by atoms with E-state index in [-0.39, 0.29) is 0 Å². The first-order valence-electron chi connectivity index (χ1n) is 3.64. The van der Waals surface area contributed by atoms with Gasteiger partial charge in [0.25, 0.3) is 0 Å². The van der Waals surface area contributed by atoms with Crippen molar-refractivity contribution in [2.45, 2.75) is 13.8 Å². The summed E-state index contributed by atoms with van der Waals surface area (Å²) in [4.78, 5) is 0. The molecule has 0 radical (unpaired) electrons. The maximum absolute atomic E-state index is 4.24. The third-order valence-corrected chi connectivity index (χ3v) is 1.40. The van der Waals surface area contributed by atoms with Gasteiger partial charge in [-0.25, -0.2) is 4.68 Å². The van der Waals surface area contributed by atoms with Crippen LogP contribution in [0, 0.1) is 6.92 Å². The lowest BCUT2D eigenvalue weighted by Crippen LogP contribution is -1.96. The molecule has 0 bridgehead atoms. The van der Waals surface area contributed by atoms with Gasteiger partial charge in [0.2, 0.25) is 0 Å². The van der Waals surface area contributed by atoms with Crippen LogP contribution in [0.15, 0.2) is 12.1 Å². The molecule has 0 amide bonds. The van der Waals surface area contributed by atoms with E-state index in [1.54, 1.807) is 0 Å². The third-order valence-electron chi connectivity index (χ3n) is 1.40. The van der Waals surface area contributed by atoms with Crippen LogP contribution in [-0.4, -0.2) is 16.8 Å². The summed E-state index contributed by atoms with van der Waals surface area (Å²) >= 11 is 0. The van der Waals surface area contributed by atoms with E-state index in [1.807, 2.05) is 43.9 Å². The highest BCUT2D eigenvalue weighted by atomic mass is 15.3. The summed E-state index contributed by atoms with van der Waals surface area (Å²) in [5.41, 5.74) is 1.02. The third kappa shape index (κ3) is 1.61. The van der Waals surface area contributed by atoms with E-state index in [4.69, 9.17) is 0 Å². The summed E-state index contributed by atoms with van der Waals surface area (Å²) < 4.78 is 1.81. The van der Waals surface area contributed by atoms with Gasteiger partial charge >= 0.3 is 0 Å². The largest absolute Gasteiger partial charge is 0.373 e. The molecule has 0 aliphatic carbocycles. The highest BCUT2D eigenvalue weighted by Crippen LogP contribution is 2.08. The predicted octanol–water partition coefficient (Wildman–Crippen LogP) is 1.72. The van der Waals surface area contributed by atoms with Crippen molar-refractivity contribution in [2.24, 2.45) is 0 Å². The van der Waals surface area contributed by atoms with Crippen molar-refractivity contribution in [1.82, 2.24) is 9.78 Å². The van der Waals surface area contributed by atoms with Crippen molar-refractivity contribution in [3.05, 3.63) is 17.8 Å². The van der Waals surface area contributed by atoms with Gasteiger partial charge in [0, 0.05) is 19.3 Å². The minimum Gasteiger partial charge on any atom is -0.373 e. The molecule has 0 unspecified atom stereocenters. The van der Waals surface area contributed by atoms with Crippen LogP contribution in [0.5, 0.6) is 0 Å². The Morgan fingerprint density at radius 1 is 1.64 bits per heavy atom. The molecular formula is C8H13N3. The molecule has 0 fully saturated rings. The summed E-state index contributed by atoms with van der Waals surface area (Å²) in [5.74, 6) is 1.01. The SMILES string of the molecule is C/C=C\n1nc(C)cc1NC. The van der Waals surface area contributed by atoms with Crippen molar-refractivity contribution in [3.63, 3.8) is 0 Å². The summed E-state index contributed by atoms with van der Waals surface area (Å²) in [5, 5.41) is 7.29. The molecule has 0 saturated heterocycles. The quantitative estimate of drug-likeness (QED) is 0.697. The topological polar surface area (TPSA) is 29.9 Å². The zero-order valence-electron chi connectivity index (χ0n) is 7.13. The Balaban J connectivity index is 3.01. The van der Waals surface area contributed by atoms with Crippen LogP contribution in [0.25, 0.3) is 6.20 Å². The number of allylic oxidation sites excluding steroid dienone is 1. The number of aryl methyl sites for hydroxylation is 1. The van der Waals surface area contributed by atoms with Crippen LogP contribution in [0.1, 0.15) is 12.6 Å². The van der Waals surface area contributed by atoms with E-state index in [9.17, 15) is 0 Å². The minimum absolute atomic E-state index is 1.01. The fourth-order valence-electron chi connectivity index (χ4n) is 0.958. The zero-order valence-corrected chi connectivity index (χ0v) is 7.13. The molecular weight excluding hydrogens is 138 g/mol. The van der Waals surface area contributed by atoms with Crippen LogP contribution in [-0.2, 0) is 0 Å². The molecule has 3 nitrogen and oxygen atoms in total.